The molecule has 4 nitrogen and oxygen atoms in total. The van der Waals surface area contributed by atoms with Crippen LogP contribution in [0.15, 0.2) is 28.2 Å². The van der Waals surface area contributed by atoms with Gasteiger partial charge in [-0.3, -0.25) is 4.99 Å². The standard InChI is InChI=1S/C24H31N3O/c1-16-21(25)27-24(26-16)20-14-17(8-11-22(2,3)4)6-7-18(20)15-23(24)12-9-19(28-5)10-13-23/h6-7,14,19H,9-10,12-13,15H2,1-5H3,(H2,25,27)/t19?,23?,24-/m0/s1. The number of hydrogen-bond acceptors (Lipinski definition) is 4. The quantitative estimate of drug-likeness (QED) is 0.746. The van der Waals surface area contributed by atoms with E-state index in [9.17, 15) is 0 Å². The summed E-state index contributed by atoms with van der Waals surface area (Å²) < 4.78 is 5.63. The van der Waals surface area contributed by atoms with E-state index in [4.69, 9.17) is 20.5 Å². The van der Waals surface area contributed by atoms with Crippen LogP contribution in [-0.4, -0.2) is 24.8 Å². The van der Waals surface area contributed by atoms with Crippen LogP contribution >= 0.6 is 0 Å². The Labute approximate surface area is 168 Å². The van der Waals surface area contributed by atoms with Crippen molar-refractivity contribution in [3.63, 3.8) is 0 Å². The van der Waals surface area contributed by atoms with E-state index in [1.165, 1.54) is 11.1 Å². The van der Waals surface area contributed by atoms with Gasteiger partial charge < -0.3 is 10.5 Å². The number of fused-ring (bicyclic) bond motifs is 3. The summed E-state index contributed by atoms with van der Waals surface area (Å²) in [5.41, 5.74) is 10.1. The summed E-state index contributed by atoms with van der Waals surface area (Å²) in [5.74, 6) is 7.28. The van der Waals surface area contributed by atoms with Gasteiger partial charge >= 0.3 is 0 Å². The fraction of sp³-hybridized carbons (Fsp3) is 0.583. The lowest BCUT2D eigenvalue weighted by Crippen LogP contribution is -2.43. The Bertz CT molecular complexity index is 897. The SMILES string of the molecule is COC1CCC2(CC1)Cc1ccc(C#CC(C)(C)C)cc1[C@@]21N=C(C)C(N)=N1. The van der Waals surface area contributed by atoms with Gasteiger partial charge in [-0.2, -0.15) is 0 Å². The van der Waals surface area contributed by atoms with Crippen molar-refractivity contribution in [1.29, 1.82) is 0 Å². The molecule has 4 heteroatoms. The van der Waals surface area contributed by atoms with E-state index >= 15 is 0 Å². The molecule has 1 fully saturated rings. The molecule has 0 radical (unpaired) electrons. The zero-order chi connectivity index (χ0) is 20.2. The van der Waals surface area contributed by atoms with Crippen molar-refractivity contribution in [2.75, 3.05) is 7.11 Å². The number of amidine groups is 1. The Balaban J connectivity index is 1.82. The molecule has 0 bridgehead atoms. The molecule has 0 aromatic heterocycles. The molecule has 28 heavy (non-hydrogen) atoms. The van der Waals surface area contributed by atoms with E-state index in [1.807, 2.05) is 14.0 Å². The van der Waals surface area contributed by atoms with Crippen molar-refractivity contribution in [3.8, 4) is 11.8 Å². The Morgan fingerprint density at radius 3 is 2.46 bits per heavy atom. The van der Waals surface area contributed by atoms with E-state index in [2.05, 4.69) is 50.8 Å². The summed E-state index contributed by atoms with van der Waals surface area (Å²) >= 11 is 0. The third-order valence-corrected chi connectivity index (χ3v) is 6.54. The van der Waals surface area contributed by atoms with E-state index in [0.29, 0.717) is 11.9 Å². The number of nitrogens with two attached hydrogens (primary N) is 1. The fourth-order valence-corrected chi connectivity index (χ4v) is 5.01. The minimum absolute atomic E-state index is 0.0111. The maximum Gasteiger partial charge on any atom is 0.184 e. The van der Waals surface area contributed by atoms with Gasteiger partial charge in [0.15, 0.2) is 5.66 Å². The second-order valence-electron chi connectivity index (χ2n) is 9.63. The van der Waals surface area contributed by atoms with E-state index in [1.54, 1.807) is 0 Å². The Morgan fingerprint density at radius 2 is 1.89 bits per heavy atom. The summed E-state index contributed by atoms with van der Waals surface area (Å²) in [6, 6.07) is 6.59. The summed E-state index contributed by atoms with van der Waals surface area (Å²) in [6.45, 7) is 8.37. The molecule has 1 aromatic carbocycles. The highest BCUT2D eigenvalue weighted by Crippen LogP contribution is 2.61. The number of aliphatic imine (C=N–C) groups is 2. The fourth-order valence-electron chi connectivity index (χ4n) is 5.01. The largest absolute Gasteiger partial charge is 0.382 e. The molecule has 0 unspecified atom stereocenters. The first-order chi connectivity index (χ1) is 13.2. The summed E-state index contributed by atoms with van der Waals surface area (Å²) in [7, 11) is 1.82. The Hall–Kier alpha value is -2.12. The molecular formula is C24H31N3O. The molecular weight excluding hydrogens is 346 g/mol. The average Bonchev–Trinajstić information content (AvgIpc) is 3.08. The van der Waals surface area contributed by atoms with Crippen LogP contribution in [-0.2, 0) is 16.8 Å². The lowest BCUT2D eigenvalue weighted by Gasteiger charge is -2.44. The molecule has 2 spiro atoms. The number of rotatable bonds is 1. The number of methoxy groups -OCH3 is 1. The first kappa shape index (κ1) is 19.2. The van der Waals surface area contributed by atoms with Gasteiger partial charge in [0, 0.05) is 29.1 Å². The van der Waals surface area contributed by atoms with Crippen molar-refractivity contribution in [3.05, 3.63) is 34.9 Å². The molecule has 1 aliphatic heterocycles. The molecule has 3 aliphatic rings. The smallest absolute Gasteiger partial charge is 0.184 e. The number of nitrogens with zero attached hydrogens (tertiary/aromatic N) is 2. The molecule has 4 rings (SSSR count). The lowest BCUT2D eigenvalue weighted by molar-refractivity contribution is -0.000378. The van der Waals surface area contributed by atoms with Gasteiger partial charge in [0.05, 0.1) is 11.8 Å². The van der Waals surface area contributed by atoms with Crippen LogP contribution in [0.2, 0.25) is 0 Å². The van der Waals surface area contributed by atoms with E-state index in [-0.39, 0.29) is 10.8 Å². The molecule has 0 amide bonds. The van der Waals surface area contributed by atoms with Gasteiger partial charge in [0.1, 0.15) is 5.84 Å². The molecule has 1 aromatic rings. The van der Waals surface area contributed by atoms with Crippen molar-refractivity contribution in [2.24, 2.45) is 26.5 Å². The van der Waals surface area contributed by atoms with E-state index in [0.717, 1.165) is 43.4 Å². The predicted octanol–water partition coefficient (Wildman–Crippen LogP) is 4.20. The van der Waals surface area contributed by atoms with Crippen molar-refractivity contribution < 1.29 is 4.74 Å². The zero-order valence-corrected chi connectivity index (χ0v) is 17.7. The molecule has 1 atom stereocenters. The Kier molecular flexibility index (Phi) is 4.43. The summed E-state index contributed by atoms with van der Waals surface area (Å²) in [6.07, 6.45) is 5.54. The zero-order valence-electron chi connectivity index (χ0n) is 17.7. The van der Waals surface area contributed by atoms with Crippen LogP contribution in [0.5, 0.6) is 0 Å². The highest BCUT2D eigenvalue weighted by Gasteiger charge is 2.60. The second-order valence-corrected chi connectivity index (χ2v) is 9.63. The highest BCUT2D eigenvalue weighted by atomic mass is 16.5. The molecule has 1 saturated carbocycles. The van der Waals surface area contributed by atoms with Gasteiger partial charge in [-0.15, -0.1) is 0 Å². The predicted molar refractivity (Wildman–Crippen MR) is 115 cm³/mol. The molecule has 0 saturated heterocycles. The van der Waals surface area contributed by atoms with Crippen LogP contribution in [0.25, 0.3) is 0 Å². The van der Waals surface area contributed by atoms with Gasteiger partial charge in [0.2, 0.25) is 0 Å². The maximum atomic E-state index is 6.25. The molecule has 148 valence electrons. The van der Waals surface area contributed by atoms with Gasteiger partial charge in [-0.25, -0.2) is 4.99 Å². The highest BCUT2D eigenvalue weighted by molar-refractivity contribution is 6.41. The minimum Gasteiger partial charge on any atom is -0.382 e. The van der Waals surface area contributed by atoms with Crippen LogP contribution in [0.1, 0.15) is 70.1 Å². The Morgan fingerprint density at radius 1 is 1.18 bits per heavy atom. The number of hydrogen-bond donors (Lipinski definition) is 1. The molecule has 1 heterocycles. The van der Waals surface area contributed by atoms with E-state index < -0.39 is 5.66 Å². The second kappa shape index (κ2) is 6.46. The first-order valence-electron chi connectivity index (χ1n) is 10.3. The van der Waals surface area contributed by atoms with Crippen LogP contribution in [0.3, 0.4) is 0 Å². The molecule has 2 aliphatic carbocycles. The number of benzene rings is 1. The maximum absolute atomic E-state index is 6.25. The first-order valence-corrected chi connectivity index (χ1v) is 10.3. The molecule has 2 N–H and O–H groups in total. The van der Waals surface area contributed by atoms with Crippen molar-refractivity contribution >= 4 is 11.5 Å². The van der Waals surface area contributed by atoms with Gasteiger partial charge in [-0.05, 0) is 77.5 Å². The summed E-state index contributed by atoms with van der Waals surface area (Å²) in [4.78, 5) is 10.1. The normalized spacial score (nSPS) is 31.4. The monoisotopic (exact) mass is 377 g/mol. The van der Waals surface area contributed by atoms with Gasteiger partial charge in [0.25, 0.3) is 0 Å². The lowest BCUT2D eigenvalue weighted by atomic mass is 9.65. The number of ether oxygens (including phenoxy) is 1. The average molecular weight is 378 g/mol. The van der Waals surface area contributed by atoms with Crippen LogP contribution < -0.4 is 5.73 Å². The topological polar surface area (TPSA) is 60.0 Å². The minimum atomic E-state index is -0.589. The third kappa shape index (κ3) is 2.97. The van der Waals surface area contributed by atoms with Crippen LogP contribution in [0.4, 0.5) is 0 Å². The van der Waals surface area contributed by atoms with Gasteiger partial charge in [-0.1, -0.05) is 17.9 Å². The van der Waals surface area contributed by atoms with Crippen molar-refractivity contribution in [1.82, 2.24) is 0 Å². The van der Waals surface area contributed by atoms with Crippen LogP contribution in [0, 0.1) is 22.7 Å². The summed E-state index contributed by atoms with van der Waals surface area (Å²) in [5, 5.41) is 0. The third-order valence-electron chi connectivity index (χ3n) is 6.54. The van der Waals surface area contributed by atoms with Crippen molar-refractivity contribution in [2.45, 2.75) is 71.6 Å².